The highest BCUT2D eigenvalue weighted by molar-refractivity contribution is 6.30. The van der Waals surface area contributed by atoms with Gasteiger partial charge in [0.1, 0.15) is 24.7 Å². The largest absolute Gasteiger partial charge is 0.491 e. The number of ether oxygens (including phenoxy) is 2. The molecule has 2 aliphatic heterocycles. The quantitative estimate of drug-likeness (QED) is 0.356. The van der Waals surface area contributed by atoms with E-state index in [1.165, 1.54) is 0 Å². The molecule has 3 heterocycles. The predicted molar refractivity (Wildman–Crippen MR) is 159 cm³/mol. The van der Waals surface area contributed by atoms with Gasteiger partial charge in [-0.25, -0.2) is 0 Å². The molecule has 6 nitrogen and oxygen atoms in total. The van der Waals surface area contributed by atoms with Crippen LogP contribution in [0.2, 0.25) is 5.02 Å². The fraction of sp³-hybridized carbons (Fsp3) is 0.424. The van der Waals surface area contributed by atoms with Crippen molar-refractivity contribution in [2.24, 2.45) is 5.41 Å². The van der Waals surface area contributed by atoms with Crippen LogP contribution in [0.1, 0.15) is 62.9 Å². The van der Waals surface area contributed by atoms with E-state index in [2.05, 4.69) is 35.9 Å². The Kier molecular flexibility index (Phi) is 7.99. The van der Waals surface area contributed by atoms with Gasteiger partial charge in [-0.05, 0) is 74.2 Å². The molecule has 40 heavy (non-hydrogen) atoms. The lowest BCUT2D eigenvalue weighted by Crippen LogP contribution is -2.55. The van der Waals surface area contributed by atoms with E-state index in [9.17, 15) is 10.2 Å². The Morgan fingerprint density at radius 3 is 2.62 bits per heavy atom. The number of benzene rings is 2. The van der Waals surface area contributed by atoms with Gasteiger partial charge < -0.3 is 24.6 Å². The predicted octanol–water partition coefficient (Wildman–Crippen LogP) is 6.22. The number of halogens is 1. The standard InChI is InChI=1S/C33H39ClN2O4/c1-31(2)21-36(18-15-33(31,38)23-9-11-24(34)12-10-23)17-6-8-26-27-7-5-16-35-29(27)20-39-30-14-13-25(19-28(26)30)40-22-32(3,4)37/h5,7-14,16,19,37-38H,6,15,17-18,20-22H2,1-4H3. The molecule has 5 rings (SSSR count). The smallest absolute Gasteiger partial charge is 0.131 e. The van der Waals surface area contributed by atoms with Crippen molar-refractivity contribution in [3.05, 3.63) is 94.3 Å². The van der Waals surface area contributed by atoms with Crippen LogP contribution in [0.15, 0.2) is 66.9 Å². The lowest BCUT2D eigenvalue weighted by molar-refractivity contribution is -0.125. The van der Waals surface area contributed by atoms with E-state index in [4.69, 9.17) is 21.1 Å². The van der Waals surface area contributed by atoms with Gasteiger partial charge in [-0.15, -0.1) is 0 Å². The maximum absolute atomic E-state index is 11.7. The topological polar surface area (TPSA) is 75.1 Å². The number of rotatable bonds is 7. The summed E-state index contributed by atoms with van der Waals surface area (Å²) in [6, 6.07) is 17.4. The van der Waals surface area contributed by atoms with Crippen LogP contribution in [0.3, 0.4) is 0 Å². The van der Waals surface area contributed by atoms with E-state index < -0.39 is 11.2 Å². The minimum Gasteiger partial charge on any atom is -0.491 e. The van der Waals surface area contributed by atoms with Gasteiger partial charge in [0.25, 0.3) is 0 Å². The van der Waals surface area contributed by atoms with Crippen LogP contribution in [-0.2, 0) is 12.2 Å². The Bertz CT molecular complexity index is 1380. The van der Waals surface area contributed by atoms with Crippen LogP contribution in [0.4, 0.5) is 0 Å². The Labute approximate surface area is 242 Å². The van der Waals surface area contributed by atoms with Crippen LogP contribution in [0.5, 0.6) is 11.5 Å². The molecule has 0 aliphatic carbocycles. The third-order valence-corrected chi connectivity index (χ3v) is 8.27. The van der Waals surface area contributed by atoms with E-state index in [-0.39, 0.29) is 12.0 Å². The van der Waals surface area contributed by atoms with Crippen molar-refractivity contribution in [2.45, 2.75) is 58.3 Å². The Balaban J connectivity index is 1.36. The third-order valence-electron chi connectivity index (χ3n) is 8.02. The van der Waals surface area contributed by atoms with Crippen LogP contribution >= 0.6 is 11.6 Å². The van der Waals surface area contributed by atoms with Gasteiger partial charge in [0.15, 0.2) is 0 Å². The SMILES string of the molecule is CC(C)(O)COc1ccc2c(c1)C(=CCCN1CCC(O)(c3ccc(Cl)cc3)C(C)(C)C1)c1cccnc1CO2. The molecule has 0 spiro atoms. The van der Waals surface area contributed by atoms with Crippen molar-refractivity contribution in [3.8, 4) is 11.5 Å². The number of hydrogen-bond donors (Lipinski definition) is 2. The fourth-order valence-corrected chi connectivity index (χ4v) is 5.90. The summed E-state index contributed by atoms with van der Waals surface area (Å²) in [4.78, 5) is 7.03. The minimum atomic E-state index is -0.930. The first-order valence-corrected chi connectivity index (χ1v) is 14.3. The first-order chi connectivity index (χ1) is 19.0. The molecule has 2 aliphatic rings. The molecule has 7 heteroatoms. The zero-order chi connectivity index (χ0) is 28.5. The highest BCUT2D eigenvalue weighted by Crippen LogP contribution is 2.46. The molecule has 1 fully saturated rings. The second kappa shape index (κ2) is 11.2. The minimum absolute atomic E-state index is 0.191. The molecule has 1 atom stereocenters. The molecule has 0 amide bonds. The van der Waals surface area contributed by atoms with E-state index in [0.717, 1.165) is 59.8 Å². The number of pyridine rings is 1. The Morgan fingerprint density at radius 1 is 1.12 bits per heavy atom. The van der Waals surface area contributed by atoms with Crippen LogP contribution < -0.4 is 9.47 Å². The first-order valence-electron chi connectivity index (χ1n) is 13.9. The van der Waals surface area contributed by atoms with Gasteiger partial charge in [0.2, 0.25) is 0 Å². The molecular formula is C33H39ClN2O4. The number of hydrogen-bond acceptors (Lipinski definition) is 6. The summed E-state index contributed by atoms with van der Waals surface area (Å²) in [6.07, 6.45) is 5.54. The summed E-state index contributed by atoms with van der Waals surface area (Å²) in [6.45, 7) is 10.8. The van der Waals surface area contributed by atoms with Crippen molar-refractivity contribution in [3.63, 3.8) is 0 Å². The summed E-state index contributed by atoms with van der Waals surface area (Å²) in [7, 11) is 0. The van der Waals surface area contributed by atoms with Gasteiger partial charge in [0, 0.05) is 47.4 Å². The van der Waals surface area contributed by atoms with Crippen molar-refractivity contribution < 1.29 is 19.7 Å². The van der Waals surface area contributed by atoms with Crippen LogP contribution in [0, 0.1) is 5.41 Å². The molecule has 0 radical (unpaired) electrons. The molecule has 1 unspecified atom stereocenters. The molecule has 2 N–H and O–H groups in total. The third kappa shape index (κ3) is 6.06. The lowest BCUT2D eigenvalue weighted by atomic mass is 9.66. The van der Waals surface area contributed by atoms with Gasteiger partial charge >= 0.3 is 0 Å². The maximum atomic E-state index is 11.7. The van der Waals surface area contributed by atoms with Crippen molar-refractivity contribution >= 4 is 17.2 Å². The second-order valence-corrected chi connectivity index (χ2v) is 12.7. The van der Waals surface area contributed by atoms with Gasteiger partial charge in [-0.3, -0.25) is 4.98 Å². The Hall–Kier alpha value is -2.90. The lowest BCUT2D eigenvalue weighted by Gasteiger charge is -2.50. The molecule has 0 saturated carbocycles. The van der Waals surface area contributed by atoms with E-state index in [0.29, 0.717) is 23.8 Å². The first kappa shape index (κ1) is 28.6. The number of piperidine rings is 1. The average Bonchev–Trinajstić information content (AvgIpc) is 3.06. The molecule has 3 aromatic rings. The number of likely N-dealkylation sites (tertiary alicyclic amines) is 1. The highest BCUT2D eigenvalue weighted by Gasteiger charge is 2.48. The summed E-state index contributed by atoms with van der Waals surface area (Å²) in [5.41, 5.74) is 2.72. The summed E-state index contributed by atoms with van der Waals surface area (Å²) >= 11 is 6.10. The maximum Gasteiger partial charge on any atom is 0.131 e. The molecule has 212 valence electrons. The van der Waals surface area contributed by atoms with Gasteiger partial charge in [-0.2, -0.15) is 0 Å². The van der Waals surface area contributed by atoms with Crippen molar-refractivity contribution in [1.29, 1.82) is 0 Å². The molecule has 1 aromatic heterocycles. The fourth-order valence-electron chi connectivity index (χ4n) is 5.77. The van der Waals surface area contributed by atoms with E-state index in [1.807, 2.05) is 48.5 Å². The average molecular weight is 563 g/mol. The summed E-state index contributed by atoms with van der Waals surface area (Å²) < 4.78 is 12.1. The zero-order valence-electron chi connectivity index (χ0n) is 23.8. The summed E-state index contributed by atoms with van der Waals surface area (Å²) in [5.74, 6) is 1.47. The number of fused-ring (bicyclic) bond motifs is 2. The molecule has 1 saturated heterocycles. The van der Waals surface area contributed by atoms with Gasteiger partial charge in [-0.1, -0.05) is 49.7 Å². The van der Waals surface area contributed by atoms with Gasteiger partial charge in [0.05, 0.1) is 16.9 Å². The molecular weight excluding hydrogens is 524 g/mol. The van der Waals surface area contributed by atoms with Crippen LogP contribution in [0.25, 0.3) is 5.57 Å². The zero-order valence-corrected chi connectivity index (χ0v) is 24.5. The van der Waals surface area contributed by atoms with Crippen molar-refractivity contribution in [1.82, 2.24) is 9.88 Å². The Morgan fingerprint density at radius 2 is 1.90 bits per heavy atom. The molecule has 2 aromatic carbocycles. The summed E-state index contributed by atoms with van der Waals surface area (Å²) in [5, 5.41) is 22.6. The van der Waals surface area contributed by atoms with Crippen molar-refractivity contribution in [2.75, 3.05) is 26.2 Å². The van der Waals surface area contributed by atoms with E-state index >= 15 is 0 Å². The normalized spacial score (nSPS) is 21.7. The number of aliphatic hydroxyl groups is 2. The van der Waals surface area contributed by atoms with E-state index in [1.54, 1.807) is 20.0 Å². The number of aromatic nitrogens is 1. The monoisotopic (exact) mass is 562 g/mol. The number of nitrogens with zero attached hydrogens (tertiary/aromatic N) is 2. The molecule has 0 bridgehead atoms. The second-order valence-electron chi connectivity index (χ2n) is 12.2. The van der Waals surface area contributed by atoms with Crippen LogP contribution in [-0.4, -0.2) is 51.9 Å². The highest BCUT2D eigenvalue weighted by atomic mass is 35.5.